The Morgan fingerprint density at radius 1 is 0.902 bits per heavy atom. The zero-order valence-electron chi connectivity index (χ0n) is 23.4. The van der Waals surface area contributed by atoms with E-state index in [1.165, 1.54) is 16.4 Å². The minimum absolute atomic E-state index is 0.0437. The number of hydrogen-bond donors (Lipinski definition) is 1. The summed E-state index contributed by atoms with van der Waals surface area (Å²) < 4.78 is 40.0. The van der Waals surface area contributed by atoms with E-state index in [0.29, 0.717) is 17.7 Å². The van der Waals surface area contributed by atoms with E-state index in [1.807, 2.05) is 36.4 Å². The summed E-state index contributed by atoms with van der Waals surface area (Å²) in [4.78, 5) is 29.2. The lowest BCUT2D eigenvalue weighted by molar-refractivity contribution is -0.141. The SMILES string of the molecule is CS(=O)(=O)N(CCCC(=O)N(Cc1ccc(F)cc1)C(Cc1ccccc1)C(=O)NC1CCCC1)c1ccccc1. The van der Waals surface area contributed by atoms with Crippen LogP contribution in [0.15, 0.2) is 84.9 Å². The van der Waals surface area contributed by atoms with E-state index in [-0.39, 0.29) is 49.6 Å². The molecular weight excluding hydrogens is 541 g/mol. The van der Waals surface area contributed by atoms with E-state index in [4.69, 9.17) is 0 Å². The first-order valence-electron chi connectivity index (χ1n) is 14.1. The predicted molar refractivity (Wildman–Crippen MR) is 159 cm³/mol. The van der Waals surface area contributed by atoms with Crippen molar-refractivity contribution in [3.8, 4) is 0 Å². The van der Waals surface area contributed by atoms with Crippen molar-refractivity contribution < 1.29 is 22.4 Å². The van der Waals surface area contributed by atoms with E-state index < -0.39 is 16.1 Å². The molecule has 4 rings (SSSR count). The lowest BCUT2D eigenvalue weighted by Gasteiger charge is -2.33. The molecule has 1 N–H and O–H groups in total. The number of carbonyl (C=O) groups is 2. The fourth-order valence-electron chi connectivity index (χ4n) is 5.31. The zero-order chi connectivity index (χ0) is 29.2. The van der Waals surface area contributed by atoms with Crippen molar-refractivity contribution in [2.75, 3.05) is 17.1 Å². The topological polar surface area (TPSA) is 86.8 Å². The van der Waals surface area contributed by atoms with Gasteiger partial charge in [0.2, 0.25) is 21.8 Å². The monoisotopic (exact) mass is 579 g/mol. The maximum Gasteiger partial charge on any atom is 0.243 e. The standard InChI is InChI=1S/C32H38FN3O4S/c1-41(39,40)36(29-15-6-3-7-16-29)22-10-17-31(37)35(24-26-18-20-27(33)21-19-26)30(23-25-11-4-2-5-12-25)32(38)34-28-13-8-9-14-28/h2-7,11-12,15-16,18-21,28,30H,8-10,13-14,17,22-24H2,1H3,(H,34,38). The van der Waals surface area contributed by atoms with Crippen LogP contribution in [0.1, 0.15) is 49.7 Å². The second-order valence-electron chi connectivity index (χ2n) is 10.6. The average Bonchev–Trinajstić information content (AvgIpc) is 3.47. The van der Waals surface area contributed by atoms with Gasteiger partial charge < -0.3 is 10.2 Å². The summed E-state index contributed by atoms with van der Waals surface area (Å²) in [6.07, 6.45) is 5.73. The van der Waals surface area contributed by atoms with Crippen LogP contribution in [-0.4, -0.2) is 50.0 Å². The Kier molecular flexibility index (Phi) is 10.5. The van der Waals surface area contributed by atoms with Crippen LogP contribution in [-0.2, 0) is 32.6 Å². The molecule has 0 saturated heterocycles. The van der Waals surface area contributed by atoms with Crippen molar-refractivity contribution in [3.05, 3.63) is 102 Å². The molecule has 1 fully saturated rings. The van der Waals surface area contributed by atoms with Crippen LogP contribution in [0, 0.1) is 5.82 Å². The minimum atomic E-state index is -3.56. The molecule has 0 bridgehead atoms. The normalized spacial score (nSPS) is 14.4. The van der Waals surface area contributed by atoms with Gasteiger partial charge in [0.15, 0.2) is 0 Å². The highest BCUT2D eigenvalue weighted by Crippen LogP contribution is 2.22. The van der Waals surface area contributed by atoms with E-state index in [2.05, 4.69) is 5.32 Å². The Bertz CT molecular complexity index is 1380. The molecule has 1 aliphatic carbocycles. The maximum absolute atomic E-state index is 13.9. The number of carbonyl (C=O) groups excluding carboxylic acids is 2. The molecular formula is C32H38FN3O4S. The molecule has 2 amide bonds. The third kappa shape index (κ3) is 8.88. The van der Waals surface area contributed by atoms with Gasteiger partial charge in [-0.3, -0.25) is 13.9 Å². The maximum atomic E-state index is 13.9. The molecule has 1 unspecified atom stereocenters. The van der Waals surface area contributed by atoms with Crippen LogP contribution in [0.3, 0.4) is 0 Å². The van der Waals surface area contributed by atoms with Gasteiger partial charge in [-0.05, 0) is 54.7 Å². The number of sulfonamides is 1. The number of nitrogens with zero attached hydrogens (tertiary/aromatic N) is 2. The second kappa shape index (κ2) is 14.3. The summed E-state index contributed by atoms with van der Waals surface area (Å²) in [7, 11) is -3.56. The molecule has 0 heterocycles. The molecule has 7 nitrogen and oxygen atoms in total. The Labute approximate surface area is 242 Å². The van der Waals surface area contributed by atoms with Crippen molar-refractivity contribution in [3.63, 3.8) is 0 Å². The molecule has 0 spiro atoms. The number of benzene rings is 3. The fourth-order valence-corrected chi connectivity index (χ4v) is 6.27. The Balaban J connectivity index is 1.57. The summed E-state index contributed by atoms with van der Waals surface area (Å²) in [5, 5.41) is 3.16. The summed E-state index contributed by atoms with van der Waals surface area (Å²) in [5.74, 6) is -0.857. The number of anilines is 1. The van der Waals surface area contributed by atoms with Crippen LogP contribution < -0.4 is 9.62 Å². The third-order valence-electron chi connectivity index (χ3n) is 7.44. The van der Waals surface area contributed by atoms with Crippen LogP contribution in [0.4, 0.5) is 10.1 Å². The third-order valence-corrected chi connectivity index (χ3v) is 8.63. The van der Waals surface area contributed by atoms with Crippen LogP contribution >= 0.6 is 0 Å². The molecule has 0 aromatic heterocycles. The Morgan fingerprint density at radius 2 is 1.51 bits per heavy atom. The van der Waals surface area contributed by atoms with Gasteiger partial charge >= 0.3 is 0 Å². The van der Waals surface area contributed by atoms with E-state index in [1.54, 1.807) is 41.3 Å². The summed E-state index contributed by atoms with van der Waals surface area (Å²) in [6.45, 7) is 0.250. The fraction of sp³-hybridized carbons (Fsp3) is 0.375. The summed E-state index contributed by atoms with van der Waals surface area (Å²) in [6, 6.07) is 23.5. The lowest BCUT2D eigenvalue weighted by atomic mass is 10.0. The second-order valence-corrected chi connectivity index (χ2v) is 12.5. The Hall–Kier alpha value is -3.72. The molecule has 9 heteroatoms. The van der Waals surface area contributed by atoms with Gasteiger partial charge in [0.25, 0.3) is 0 Å². The number of rotatable bonds is 13. The molecule has 1 aliphatic rings. The smallest absolute Gasteiger partial charge is 0.243 e. The number of nitrogens with one attached hydrogen (secondary N) is 1. The molecule has 3 aromatic carbocycles. The van der Waals surface area contributed by atoms with E-state index in [9.17, 15) is 22.4 Å². The summed E-state index contributed by atoms with van der Waals surface area (Å²) >= 11 is 0. The van der Waals surface area contributed by atoms with Gasteiger partial charge in [-0.1, -0.05) is 73.5 Å². The highest BCUT2D eigenvalue weighted by Gasteiger charge is 2.32. The van der Waals surface area contributed by atoms with Crippen molar-refractivity contribution in [1.29, 1.82) is 0 Å². The summed E-state index contributed by atoms with van der Waals surface area (Å²) in [5.41, 5.74) is 2.15. The van der Waals surface area contributed by atoms with Crippen molar-refractivity contribution in [2.24, 2.45) is 0 Å². The molecule has 218 valence electrons. The van der Waals surface area contributed by atoms with Gasteiger partial charge in [0.1, 0.15) is 11.9 Å². The zero-order valence-corrected chi connectivity index (χ0v) is 24.2. The molecule has 3 aromatic rings. The first-order chi connectivity index (χ1) is 19.7. The molecule has 41 heavy (non-hydrogen) atoms. The van der Waals surface area contributed by atoms with Gasteiger partial charge in [0.05, 0.1) is 11.9 Å². The molecule has 0 radical (unpaired) electrons. The van der Waals surface area contributed by atoms with Crippen molar-refractivity contribution in [1.82, 2.24) is 10.2 Å². The van der Waals surface area contributed by atoms with Gasteiger partial charge in [-0.25, -0.2) is 12.8 Å². The van der Waals surface area contributed by atoms with Crippen molar-refractivity contribution >= 4 is 27.5 Å². The predicted octanol–water partition coefficient (Wildman–Crippen LogP) is 5.07. The van der Waals surface area contributed by atoms with Gasteiger partial charge in [0, 0.05) is 32.0 Å². The van der Waals surface area contributed by atoms with E-state index in [0.717, 1.165) is 37.5 Å². The highest BCUT2D eigenvalue weighted by molar-refractivity contribution is 7.92. The van der Waals surface area contributed by atoms with Crippen molar-refractivity contribution in [2.45, 2.75) is 63.6 Å². The van der Waals surface area contributed by atoms with Crippen LogP contribution in [0.5, 0.6) is 0 Å². The average molecular weight is 580 g/mol. The number of halogens is 1. The quantitative estimate of drug-likeness (QED) is 0.306. The first-order valence-corrected chi connectivity index (χ1v) is 16.0. The number of hydrogen-bond acceptors (Lipinski definition) is 4. The molecule has 1 saturated carbocycles. The Morgan fingerprint density at radius 3 is 2.12 bits per heavy atom. The van der Waals surface area contributed by atoms with E-state index >= 15 is 0 Å². The van der Waals surface area contributed by atoms with Gasteiger partial charge in [-0.2, -0.15) is 0 Å². The first kappa shape index (κ1) is 30.2. The number of amides is 2. The molecule has 0 aliphatic heterocycles. The van der Waals surface area contributed by atoms with Crippen LogP contribution in [0.2, 0.25) is 0 Å². The highest BCUT2D eigenvalue weighted by atomic mass is 32.2. The molecule has 1 atom stereocenters. The minimum Gasteiger partial charge on any atom is -0.352 e. The van der Waals surface area contributed by atoms with Gasteiger partial charge in [-0.15, -0.1) is 0 Å². The lowest BCUT2D eigenvalue weighted by Crippen LogP contribution is -2.52. The number of para-hydroxylation sites is 1. The van der Waals surface area contributed by atoms with Crippen LogP contribution in [0.25, 0.3) is 0 Å². The largest absolute Gasteiger partial charge is 0.352 e.